The van der Waals surface area contributed by atoms with Crippen LogP contribution in [-0.4, -0.2) is 23.6 Å². The van der Waals surface area contributed by atoms with E-state index in [1.165, 1.54) is 0 Å². The van der Waals surface area contributed by atoms with Crippen molar-refractivity contribution in [2.24, 2.45) is 5.41 Å². The third-order valence-corrected chi connectivity index (χ3v) is 6.97. The van der Waals surface area contributed by atoms with E-state index in [-0.39, 0.29) is 18.6 Å². The third-order valence-electron chi connectivity index (χ3n) is 5.72. The first kappa shape index (κ1) is 20.0. The number of amides is 4. The smallest absolute Gasteiger partial charge is 0.300 e. The number of ketones is 1. The molecule has 1 aliphatic heterocycles. The molecule has 4 amide bonds. The topological polar surface area (TPSA) is 92.3 Å². The average molecular weight is 520 g/mol. The van der Waals surface area contributed by atoms with E-state index in [9.17, 15) is 19.2 Å². The standard InChI is InChI=1S/C21H16Br2N2O4/c22-12-7-5-11(6-8-12)15-9-13(26)10-16(14-3-1-2-4-17(14)23)21(15)18(27)24-20(29)25-19(21)28/h1-8,15-16H,9-10H2,(H2,24,25,27,28,29). The van der Waals surface area contributed by atoms with Crippen LogP contribution in [0.15, 0.2) is 57.5 Å². The summed E-state index contributed by atoms with van der Waals surface area (Å²) in [6.45, 7) is 0. The van der Waals surface area contributed by atoms with Crippen LogP contribution in [0.3, 0.4) is 0 Å². The summed E-state index contributed by atoms with van der Waals surface area (Å²) in [6.07, 6.45) is 0.0717. The van der Waals surface area contributed by atoms with E-state index in [1.807, 2.05) is 6.07 Å². The molecule has 1 heterocycles. The molecule has 1 saturated carbocycles. The van der Waals surface area contributed by atoms with Gasteiger partial charge in [0, 0.05) is 33.6 Å². The van der Waals surface area contributed by atoms with Crippen molar-refractivity contribution in [3.05, 3.63) is 68.6 Å². The van der Waals surface area contributed by atoms with E-state index in [0.717, 1.165) is 4.47 Å². The Morgan fingerprint density at radius 2 is 1.38 bits per heavy atom. The first-order chi connectivity index (χ1) is 13.8. The molecule has 2 aromatic carbocycles. The predicted octanol–water partition coefficient (Wildman–Crippen LogP) is 3.79. The molecule has 6 nitrogen and oxygen atoms in total. The fourth-order valence-electron chi connectivity index (χ4n) is 4.47. The number of imide groups is 2. The van der Waals surface area contributed by atoms with E-state index in [1.54, 1.807) is 42.5 Å². The number of nitrogens with one attached hydrogen (secondary N) is 2. The maximum Gasteiger partial charge on any atom is 0.328 e. The van der Waals surface area contributed by atoms with Gasteiger partial charge in [0.15, 0.2) is 0 Å². The van der Waals surface area contributed by atoms with E-state index < -0.39 is 35.1 Å². The fraction of sp³-hybridized carbons (Fsp3) is 0.238. The summed E-state index contributed by atoms with van der Waals surface area (Å²) in [7, 11) is 0. The molecule has 2 aromatic rings. The van der Waals surface area contributed by atoms with Crippen molar-refractivity contribution in [2.75, 3.05) is 0 Å². The molecule has 0 aromatic heterocycles. The average Bonchev–Trinajstić information content (AvgIpc) is 2.67. The highest BCUT2D eigenvalue weighted by atomic mass is 79.9. The minimum Gasteiger partial charge on any atom is -0.300 e. The highest BCUT2D eigenvalue weighted by Crippen LogP contribution is 2.56. The van der Waals surface area contributed by atoms with Gasteiger partial charge in [-0.3, -0.25) is 25.0 Å². The minimum atomic E-state index is -1.63. The molecule has 0 bridgehead atoms. The molecule has 1 saturated heterocycles. The monoisotopic (exact) mass is 518 g/mol. The first-order valence-electron chi connectivity index (χ1n) is 9.02. The number of hydrogen-bond donors (Lipinski definition) is 2. The van der Waals surface area contributed by atoms with Crippen molar-refractivity contribution in [3.8, 4) is 0 Å². The van der Waals surface area contributed by atoms with Crippen molar-refractivity contribution in [2.45, 2.75) is 24.7 Å². The van der Waals surface area contributed by atoms with Gasteiger partial charge in [0.05, 0.1) is 0 Å². The van der Waals surface area contributed by atoms with Gasteiger partial charge in [0.25, 0.3) is 0 Å². The zero-order valence-corrected chi connectivity index (χ0v) is 18.2. The Bertz CT molecular complexity index is 1020. The summed E-state index contributed by atoms with van der Waals surface area (Å²) in [4.78, 5) is 51.2. The second-order valence-corrected chi connectivity index (χ2v) is 9.00. The largest absolute Gasteiger partial charge is 0.328 e. The van der Waals surface area contributed by atoms with E-state index in [2.05, 4.69) is 42.5 Å². The van der Waals surface area contributed by atoms with Gasteiger partial charge >= 0.3 is 6.03 Å². The van der Waals surface area contributed by atoms with Crippen molar-refractivity contribution in [1.82, 2.24) is 10.6 Å². The zero-order chi connectivity index (χ0) is 20.8. The molecule has 2 N–H and O–H groups in total. The van der Waals surface area contributed by atoms with Crippen LogP contribution in [0.25, 0.3) is 0 Å². The number of halogens is 2. The highest BCUT2D eigenvalue weighted by molar-refractivity contribution is 9.10. The summed E-state index contributed by atoms with van der Waals surface area (Å²) in [6, 6.07) is 13.6. The number of carbonyl (C=O) groups excluding carboxylic acids is 4. The maximum absolute atomic E-state index is 13.3. The van der Waals surface area contributed by atoms with Crippen LogP contribution >= 0.6 is 31.9 Å². The molecule has 1 aliphatic carbocycles. The third kappa shape index (κ3) is 3.24. The van der Waals surface area contributed by atoms with Gasteiger partial charge in [0.1, 0.15) is 11.2 Å². The summed E-state index contributed by atoms with van der Waals surface area (Å²) >= 11 is 6.87. The predicted molar refractivity (Wildman–Crippen MR) is 112 cm³/mol. The SMILES string of the molecule is O=C1CC(c2ccc(Br)cc2)C2(C(=O)NC(=O)NC2=O)C(c2ccccc2Br)C1. The highest BCUT2D eigenvalue weighted by Gasteiger charge is 2.63. The zero-order valence-electron chi connectivity index (χ0n) is 15.1. The van der Waals surface area contributed by atoms with Crippen molar-refractivity contribution in [3.63, 3.8) is 0 Å². The molecular weight excluding hydrogens is 504 g/mol. The lowest BCUT2D eigenvalue weighted by molar-refractivity contribution is -0.151. The number of Topliss-reactive ketones (excluding diaryl/α,β-unsaturated/α-hetero) is 1. The van der Waals surface area contributed by atoms with Crippen molar-refractivity contribution < 1.29 is 19.2 Å². The molecule has 1 spiro atoms. The number of urea groups is 1. The first-order valence-corrected chi connectivity index (χ1v) is 10.6. The van der Waals surface area contributed by atoms with Crippen LogP contribution in [-0.2, 0) is 14.4 Å². The molecule has 0 radical (unpaired) electrons. The van der Waals surface area contributed by atoms with E-state index in [0.29, 0.717) is 15.6 Å². The van der Waals surface area contributed by atoms with Gasteiger partial charge < -0.3 is 0 Å². The second kappa shape index (κ2) is 7.50. The Balaban J connectivity index is 1.97. The van der Waals surface area contributed by atoms with Crippen LogP contribution in [0, 0.1) is 5.41 Å². The minimum absolute atomic E-state index is 0.0324. The lowest BCUT2D eigenvalue weighted by Crippen LogP contribution is -2.67. The van der Waals surface area contributed by atoms with Gasteiger partial charge in [-0.2, -0.15) is 0 Å². The Hall–Kier alpha value is -2.32. The van der Waals surface area contributed by atoms with Gasteiger partial charge in [-0.25, -0.2) is 4.79 Å². The molecular formula is C21H16Br2N2O4. The number of carbonyl (C=O) groups is 4. The Labute approximate surface area is 183 Å². The molecule has 4 rings (SSSR count). The Morgan fingerprint density at radius 1 is 0.793 bits per heavy atom. The number of rotatable bonds is 2. The molecule has 2 unspecified atom stereocenters. The lowest BCUT2D eigenvalue weighted by atomic mass is 9.54. The van der Waals surface area contributed by atoms with E-state index in [4.69, 9.17) is 0 Å². The van der Waals surface area contributed by atoms with Crippen LogP contribution < -0.4 is 10.6 Å². The number of benzene rings is 2. The van der Waals surface area contributed by atoms with E-state index >= 15 is 0 Å². The summed E-state index contributed by atoms with van der Waals surface area (Å²) in [5.74, 6) is -2.82. The maximum atomic E-state index is 13.3. The summed E-state index contributed by atoms with van der Waals surface area (Å²) in [5, 5.41) is 4.54. The van der Waals surface area contributed by atoms with Crippen LogP contribution in [0.4, 0.5) is 4.79 Å². The van der Waals surface area contributed by atoms with Gasteiger partial charge in [-0.05, 0) is 29.3 Å². The number of barbiturate groups is 1. The van der Waals surface area contributed by atoms with Crippen LogP contribution in [0.1, 0.15) is 35.8 Å². The molecule has 29 heavy (non-hydrogen) atoms. The van der Waals surface area contributed by atoms with Gasteiger partial charge in [0.2, 0.25) is 11.8 Å². The quantitative estimate of drug-likeness (QED) is 0.590. The van der Waals surface area contributed by atoms with Crippen LogP contribution in [0.2, 0.25) is 0 Å². The lowest BCUT2D eigenvalue weighted by Gasteiger charge is -2.48. The number of hydrogen-bond acceptors (Lipinski definition) is 4. The van der Waals surface area contributed by atoms with Crippen LogP contribution in [0.5, 0.6) is 0 Å². The van der Waals surface area contributed by atoms with Gasteiger partial charge in [-0.1, -0.05) is 62.2 Å². The summed E-state index contributed by atoms with van der Waals surface area (Å²) < 4.78 is 1.54. The van der Waals surface area contributed by atoms with Crippen molar-refractivity contribution in [1.29, 1.82) is 0 Å². The fourth-order valence-corrected chi connectivity index (χ4v) is 5.30. The molecule has 2 aliphatic rings. The normalized spacial score (nSPS) is 23.7. The summed E-state index contributed by atoms with van der Waals surface area (Å²) in [5.41, 5.74) is -0.250. The molecule has 148 valence electrons. The second-order valence-electron chi connectivity index (χ2n) is 7.23. The Kier molecular flexibility index (Phi) is 5.16. The Morgan fingerprint density at radius 3 is 2.00 bits per heavy atom. The molecule has 2 atom stereocenters. The van der Waals surface area contributed by atoms with Crippen molar-refractivity contribution >= 4 is 55.5 Å². The van der Waals surface area contributed by atoms with Gasteiger partial charge in [-0.15, -0.1) is 0 Å². The molecule has 8 heteroatoms. The molecule has 2 fully saturated rings.